The molecule has 13 heteroatoms. The fraction of sp³-hybridized carbons (Fsp3) is 0.426. The highest BCUT2D eigenvalue weighted by Crippen LogP contribution is 2.53. The van der Waals surface area contributed by atoms with Gasteiger partial charge in [0.1, 0.15) is 35.5 Å². The zero-order valence-corrected chi connectivity index (χ0v) is 36.1. The number of H-pyrrole nitrogens is 1. The van der Waals surface area contributed by atoms with Gasteiger partial charge in [-0.25, -0.2) is 9.46 Å². The Morgan fingerprint density at radius 3 is 2.05 bits per heavy atom. The van der Waals surface area contributed by atoms with Gasteiger partial charge in [-0.1, -0.05) is 66.4 Å². The SMILES string of the molecule is C#CCCCCC#Cc1cn([C@H]2C[C@H](OP(OCCC#N)N(C(C)C)C(C)C)[C@@H](C(O)C(c3ccccc3)(c3ccc(OC)cc3)c3ccc(OC)cc3)O2)c(=O)[nH]c1=O. The first kappa shape index (κ1) is 45.9. The van der Waals surface area contributed by atoms with Crippen LogP contribution >= 0.6 is 8.53 Å². The molecule has 1 fully saturated rings. The van der Waals surface area contributed by atoms with Crippen molar-refractivity contribution in [2.45, 2.75) is 108 Å². The van der Waals surface area contributed by atoms with Crippen LogP contribution in [-0.2, 0) is 19.2 Å². The third kappa shape index (κ3) is 10.6. The van der Waals surface area contributed by atoms with Gasteiger partial charge in [0.15, 0.2) is 0 Å². The van der Waals surface area contributed by atoms with Crippen LogP contribution in [0, 0.1) is 35.5 Å². The Kier molecular flexibility index (Phi) is 16.7. The van der Waals surface area contributed by atoms with Crippen molar-refractivity contribution in [3.05, 3.63) is 128 Å². The van der Waals surface area contributed by atoms with Crippen molar-refractivity contribution in [1.29, 1.82) is 5.26 Å². The standard InChI is InChI=1S/C47H55N4O8P/c1-8-9-10-11-12-14-18-35-32-50(46(54)49-45(35)53)42-31-41(59-60(57-30-17-29-48)51(33(2)3)34(4)5)43(58-42)44(52)47(36-19-15-13-16-20-36,37-21-25-39(55-6)26-22-37)38-23-27-40(56-7)28-24-38/h1,13,15-16,19-28,32-34,41-44,52H,9-12,17,30-31H2,2-7H3,(H,49,53,54)/t41-,42+,43-,44?,60?/m0/s1. The van der Waals surface area contributed by atoms with Crippen LogP contribution in [0.2, 0.25) is 0 Å². The predicted molar refractivity (Wildman–Crippen MR) is 232 cm³/mol. The number of hydrogen-bond donors (Lipinski definition) is 2. The molecule has 60 heavy (non-hydrogen) atoms. The molecule has 3 aromatic carbocycles. The third-order valence-corrected chi connectivity index (χ3v) is 12.6. The van der Waals surface area contributed by atoms with Crippen LogP contribution in [0.3, 0.4) is 0 Å². The molecule has 1 saturated heterocycles. The Morgan fingerprint density at radius 1 is 0.917 bits per heavy atom. The molecule has 4 aromatic rings. The number of nitriles is 1. The Labute approximate surface area is 354 Å². The molecule has 12 nitrogen and oxygen atoms in total. The molecule has 2 N–H and O–H groups in total. The van der Waals surface area contributed by atoms with Crippen LogP contribution < -0.4 is 20.7 Å². The van der Waals surface area contributed by atoms with E-state index in [9.17, 15) is 20.0 Å². The maximum Gasteiger partial charge on any atom is 0.330 e. The van der Waals surface area contributed by atoms with Crippen molar-refractivity contribution >= 4 is 8.53 Å². The highest BCUT2D eigenvalue weighted by Gasteiger charge is 2.54. The number of hydrogen-bond acceptors (Lipinski definition) is 10. The van der Waals surface area contributed by atoms with E-state index < -0.39 is 49.7 Å². The maximum atomic E-state index is 13.7. The minimum Gasteiger partial charge on any atom is -0.497 e. The quantitative estimate of drug-likeness (QED) is 0.0423. The van der Waals surface area contributed by atoms with Gasteiger partial charge in [0.05, 0.1) is 44.8 Å². The van der Waals surface area contributed by atoms with Gasteiger partial charge in [-0.2, -0.15) is 5.26 Å². The van der Waals surface area contributed by atoms with E-state index >= 15 is 0 Å². The van der Waals surface area contributed by atoms with Crippen molar-refractivity contribution in [1.82, 2.24) is 14.2 Å². The Balaban J connectivity index is 1.71. The van der Waals surface area contributed by atoms with Crippen LogP contribution in [0.5, 0.6) is 11.5 Å². The Hall–Kier alpha value is -5.22. The molecular formula is C47H55N4O8P. The molecule has 1 aliphatic rings. The normalized spacial score (nSPS) is 17.4. The molecule has 0 radical (unpaired) electrons. The molecular weight excluding hydrogens is 780 g/mol. The second-order valence-corrected chi connectivity index (χ2v) is 16.4. The summed E-state index contributed by atoms with van der Waals surface area (Å²) >= 11 is 0. The Bertz CT molecular complexity index is 2200. The van der Waals surface area contributed by atoms with Gasteiger partial charge in [0.25, 0.3) is 14.1 Å². The zero-order valence-electron chi connectivity index (χ0n) is 35.2. The molecule has 0 saturated carbocycles. The average molecular weight is 835 g/mol. The fourth-order valence-electron chi connectivity index (χ4n) is 7.68. The van der Waals surface area contributed by atoms with Gasteiger partial charge in [-0.05, 0) is 81.5 Å². The average Bonchev–Trinajstić information content (AvgIpc) is 3.66. The number of aromatic amines is 1. The lowest BCUT2D eigenvalue weighted by Crippen LogP contribution is -2.52. The van der Waals surface area contributed by atoms with Crippen LogP contribution in [-0.4, -0.2) is 70.6 Å². The van der Waals surface area contributed by atoms with Crippen molar-refractivity contribution in [2.24, 2.45) is 0 Å². The molecule has 0 amide bonds. The number of rotatable bonds is 19. The number of aliphatic hydroxyl groups is 1. The summed E-state index contributed by atoms with van der Waals surface area (Å²) in [5, 5.41) is 22.9. The smallest absolute Gasteiger partial charge is 0.330 e. The van der Waals surface area contributed by atoms with E-state index in [1.54, 1.807) is 14.2 Å². The molecule has 0 aliphatic carbocycles. The molecule has 1 aromatic heterocycles. The summed E-state index contributed by atoms with van der Waals surface area (Å²) in [7, 11) is 1.36. The molecule has 1 aliphatic heterocycles. The molecule has 5 rings (SSSR count). The van der Waals surface area contributed by atoms with Gasteiger partial charge in [0.2, 0.25) is 0 Å². The van der Waals surface area contributed by atoms with Crippen molar-refractivity contribution in [2.75, 3.05) is 20.8 Å². The van der Waals surface area contributed by atoms with Gasteiger partial charge in [-0.15, -0.1) is 12.3 Å². The fourth-order valence-corrected chi connectivity index (χ4v) is 9.42. The molecule has 0 spiro atoms. The number of nitrogens with zero attached hydrogens (tertiary/aromatic N) is 3. The minimum absolute atomic E-state index is 0.0174. The van der Waals surface area contributed by atoms with Crippen molar-refractivity contribution in [3.8, 4) is 41.8 Å². The largest absolute Gasteiger partial charge is 0.497 e. The zero-order chi connectivity index (χ0) is 43.2. The number of unbranched alkanes of at least 4 members (excludes halogenated alkanes) is 3. The lowest BCUT2D eigenvalue weighted by Gasteiger charge is -2.44. The number of methoxy groups -OCH3 is 2. The second kappa shape index (κ2) is 21.9. The summed E-state index contributed by atoms with van der Waals surface area (Å²) in [6.07, 6.45) is 5.43. The highest BCUT2D eigenvalue weighted by molar-refractivity contribution is 7.44. The van der Waals surface area contributed by atoms with Crippen molar-refractivity contribution < 1.29 is 28.4 Å². The summed E-state index contributed by atoms with van der Waals surface area (Å²) in [5.74, 6) is 9.84. The van der Waals surface area contributed by atoms with Crippen LogP contribution in [0.4, 0.5) is 0 Å². The first-order valence-electron chi connectivity index (χ1n) is 20.2. The minimum atomic E-state index is -1.83. The summed E-state index contributed by atoms with van der Waals surface area (Å²) in [6, 6.07) is 26.8. The third-order valence-electron chi connectivity index (χ3n) is 10.5. The van der Waals surface area contributed by atoms with E-state index in [4.69, 9.17) is 29.7 Å². The molecule has 5 atom stereocenters. The molecule has 0 bridgehead atoms. The van der Waals surface area contributed by atoms with E-state index in [-0.39, 0.29) is 37.1 Å². The van der Waals surface area contributed by atoms with E-state index in [2.05, 4.69) is 33.5 Å². The van der Waals surface area contributed by atoms with Crippen LogP contribution in [0.25, 0.3) is 0 Å². The van der Waals surface area contributed by atoms with Gasteiger partial charge < -0.3 is 28.4 Å². The van der Waals surface area contributed by atoms with Gasteiger partial charge >= 0.3 is 5.69 Å². The van der Waals surface area contributed by atoms with Gasteiger partial charge in [-0.3, -0.25) is 14.3 Å². The van der Waals surface area contributed by atoms with E-state index in [1.165, 1.54) is 10.8 Å². The van der Waals surface area contributed by atoms with E-state index in [1.807, 2.05) is 107 Å². The molecule has 316 valence electrons. The summed E-state index contributed by atoms with van der Waals surface area (Å²) in [6.45, 7) is 8.28. The van der Waals surface area contributed by atoms with E-state index in [0.29, 0.717) is 24.3 Å². The summed E-state index contributed by atoms with van der Waals surface area (Å²) in [5.41, 5.74) is -0.284. The molecule has 2 unspecified atom stereocenters. The van der Waals surface area contributed by atoms with Crippen LogP contribution in [0.1, 0.15) is 94.7 Å². The monoisotopic (exact) mass is 834 g/mol. The number of terminal acetylenes is 1. The van der Waals surface area contributed by atoms with E-state index in [0.717, 1.165) is 29.5 Å². The summed E-state index contributed by atoms with van der Waals surface area (Å²) < 4.78 is 34.8. The number of aliphatic hydroxyl groups excluding tert-OH is 1. The van der Waals surface area contributed by atoms with Gasteiger partial charge in [0, 0.05) is 37.5 Å². The lowest BCUT2D eigenvalue weighted by atomic mass is 9.64. The number of benzene rings is 3. The second-order valence-electron chi connectivity index (χ2n) is 15.0. The van der Waals surface area contributed by atoms with Crippen LogP contribution in [0.15, 0.2) is 94.6 Å². The number of aromatic nitrogens is 2. The van der Waals surface area contributed by atoms with Crippen molar-refractivity contribution in [3.63, 3.8) is 0 Å². The highest BCUT2D eigenvalue weighted by atomic mass is 31.2. The predicted octanol–water partition coefficient (Wildman–Crippen LogP) is 7.44. The first-order chi connectivity index (χ1) is 29.0. The number of ether oxygens (including phenoxy) is 3. The number of nitrogens with one attached hydrogen (secondary N) is 1. The molecule has 2 heterocycles. The Morgan fingerprint density at radius 2 is 1.50 bits per heavy atom. The first-order valence-corrected chi connectivity index (χ1v) is 21.3. The topological polar surface area (TPSA) is 148 Å². The summed E-state index contributed by atoms with van der Waals surface area (Å²) in [4.78, 5) is 29.1. The lowest BCUT2D eigenvalue weighted by molar-refractivity contribution is -0.0953. The maximum absolute atomic E-state index is 13.7.